The molecule has 13 heteroatoms. The first-order valence-electron chi connectivity index (χ1n) is 14.2. The number of pyridine rings is 2. The van der Waals surface area contributed by atoms with Crippen LogP contribution in [0.25, 0.3) is 20.8 Å². The lowest BCUT2D eigenvalue weighted by Gasteiger charge is -2.27. The van der Waals surface area contributed by atoms with E-state index in [1.807, 2.05) is 18.2 Å². The van der Waals surface area contributed by atoms with Crippen LogP contribution in [0.1, 0.15) is 25.3 Å². The van der Waals surface area contributed by atoms with Gasteiger partial charge in [-0.2, -0.15) is 0 Å². The minimum Gasteiger partial charge on any atom is -0.453 e. The van der Waals surface area contributed by atoms with Crippen molar-refractivity contribution in [1.82, 2.24) is 20.2 Å². The Morgan fingerprint density at radius 3 is 2.64 bits per heavy atom. The van der Waals surface area contributed by atoms with E-state index >= 15 is 0 Å². The zero-order valence-corrected chi connectivity index (χ0v) is 25.5. The molecule has 3 aromatic heterocycles. The van der Waals surface area contributed by atoms with Crippen molar-refractivity contribution in [2.75, 3.05) is 32.7 Å². The van der Waals surface area contributed by atoms with Crippen LogP contribution < -0.4 is 21.1 Å². The van der Waals surface area contributed by atoms with Gasteiger partial charge in [-0.25, -0.2) is 9.18 Å². The number of methoxy groups -OCH3 is 2. The quantitative estimate of drug-likeness (QED) is 0.191. The predicted octanol–water partition coefficient (Wildman–Crippen LogP) is 4.91. The van der Waals surface area contributed by atoms with E-state index in [4.69, 9.17) is 19.9 Å². The first-order valence-corrected chi connectivity index (χ1v) is 15.0. The first kappa shape index (κ1) is 31.3. The van der Waals surface area contributed by atoms with Crippen LogP contribution in [0.15, 0.2) is 54.9 Å². The van der Waals surface area contributed by atoms with Gasteiger partial charge in [0.2, 0.25) is 5.91 Å². The van der Waals surface area contributed by atoms with E-state index in [2.05, 4.69) is 20.6 Å². The van der Waals surface area contributed by atoms with Gasteiger partial charge in [0.1, 0.15) is 11.8 Å². The molecule has 11 nitrogen and oxygen atoms in total. The number of ether oxygens (including phenoxy) is 3. The molecule has 3 amide bonds. The van der Waals surface area contributed by atoms with Crippen molar-refractivity contribution in [3.05, 3.63) is 66.2 Å². The lowest BCUT2D eigenvalue weighted by molar-refractivity contribution is -0.136. The minimum absolute atomic E-state index is 0.0234. The molecule has 2 unspecified atom stereocenters. The zero-order valence-electron chi connectivity index (χ0n) is 24.7. The van der Waals surface area contributed by atoms with Gasteiger partial charge in [-0.15, -0.1) is 11.3 Å². The number of hydrogen-bond donors (Lipinski definition) is 3. The molecule has 1 aromatic carbocycles. The monoisotopic (exact) mass is 622 g/mol. The summed E-state index contributed by atoms with van der Waals surface area (Å²) in [5.74, 6) is -0.368. The Kier molecular flexibility index (Phi) is 10.0. The maximum atomic E-state index is 14.9. The molecule has 1 aliphatic rings. The molecule has 1 fully saturated rings. The number of aromatic nitrogens is 2. The van der Waals surface area contributed by atoms with Crippen LogP contribution in [0.5, 0.6) is 11.5 Å². The van der Waals surface area contributed by atoms with Gasteiger partial charge < -0.3 is 35.5 Å². The number of carbonyl (C=O) groups is 2. The standard InChI is InChI=1S/C31H35FN6O5S/c1-18(42-3)28(33)30(39)38(12-13-41-2)17-19-4-8-23(35-16-19)27-15-24-29(44-27)26(10-11-34-24)43-25-9-7-21(14-22(25)32)37-31(40)36-20-5-6-20/h4,7-11,14-16,18,20,28H,5-6,12-13,17,33H2,1-3H3,(H2,36,37,40). The van der Waals surface area contributed by atoms with Gasteiger partial charge in [-0.3, -0.25) is 14.8 Å². The lowest BCUT2D eigenvalue weighted by Crippen LogP contribution is -2.50. The van der Waals surface area contributed by atoms with Crippen LogP contribution in [0.4, 0.5) is 14.9 Å². The number of urea groups is 1. The summed E-state index contributed by atoms with van der Waals surface area (Å²) in [7, 11) is 3.10. The number of nitrogens with two attached hydrogens (primary N) is 1. The van der Waals surface area contributed by atoms with Gasteiger partial charge >= 0.3 is 6.03 Å². The summed E-state index contributed by atoms with van der Waals surface area (Å²) in [5, 5.41) is 5.44. The number of benzene rings is 1. The Hall–Kier alpha value is -4.17. The van der Waals surface area contributed by atoms with Crippen LogP contribution in [-0.2, 0) is 20.8 Å². The number of fused-ring (bicyclic) bond motifs is 1. The second-order valence-corrected chi connectivity index (χ2v) is 11.6. The number of rotatable bonds is 13. The highest BCUT2D eigenvalue weighted by Gasteiger charge is 2.26. The second-order valence-electron chi connectivity index (χ2n) is 10.5. The molecule has 232 valence electrons. The van der Waals surface area contributed by atoms with Crippen molar-refractivity contribution in [1.29, 1.82) is 0 Å². The zero-order chi connectivity index (χ0) is 31.2. The summed E-state index contributed by atoms with van der Waals surface area (Å²) in [4.78, 5) is 36.6. The molecular formula is C31H35FN6O5S. The van der Waals surface area contributed by atoms with Gasteiger partial charge in [-0.05, 0) is 49.6 Å². The molecule has 44 heavy (non-hydrogen) atoms. The summed E-state index contributed by atoms with van der Waals surface area (Å²) < 4.78 is 32.0. The maximum Gasteiger partial charge on any atom is 0.319 e. The molecule has 2 atom stereocenters. The summed E-state index contributed by atoms with van der Waals surface area (Å²) in [6, 6.07) is 10.7. The third-order valence-corrected chi connectivity index (χ3v) is 8.35. The molecule has 4 N–H and O–H groups in total. The van der Waals surface area contributed by atoms with E-state index in [0.29, 0.717) is 42.3 Å². The number of anilines is 1. The topological polar surface area (TPSA) is 141 Å². The van der Waals surface area contributed by atoms with Crippen LogP contribution in [0.3, 0.4) is 0 Å². The Morgan fingerprint density at radius 1 is 1.14 bits per heavy atom. The number of carbonyl (C=O) groups excluding carboxylic acids is 2. The van der Waals surface area contributed by atoms with Gasteiger partial charge in [0.15, 0.2) is 11.6 Å². The Balaban J connectivity index is 1.29. The first-order chi connectivity index (χ1) is 21.2. The molecule has 0 spiro atoms. The lowest BCUT2D eigenvalue weighted by atomic mass is 10.1. The van der Waals surface area contributed by atoms with Crippen LogP contribution in [0.2, 0.25) is 0 Å². The molecule has 1 aliphatic carbocycles. The van der Waals surface area contributed by atoms with Crippen molar-refractivity contribution in [2.45, 2.75) is 44.5 Å². The summed E-state index contributed by atoms with van der Waals surface area (Å²) in [5.41, 5.74) is 8.68. The number of amides is 3. The molecule has 3 heterocycles. The highest BCUT2D eigenvalue weighted by molar-refractivity contribution is 7.22. The smallest absolute Gasteiger partial charge is 0.319 e. The van der Waals surface area contributed by atoms with Crippen LogP contribution in [0, 0.1) is 5.82 Å². The van der Waals surface area contributed by atoms with E-state index in [1.165, 1.54) is 30.6 Å². The minimum atomic E-state index is -0.798. The SMILES string of the molecule is COCCN(Cc1ccc(-c2cc3nccc(Oc4ccc(NC(=O)NC5CC5)cc4F)c3s2)nc1)C(=O)C(N)C(C)OC. The predicted molar refractivity (Wildman–Crippen MR) is 166 cm³/mol. The molecule has 0 radical (unpaired) electrons. The Labute approximate surface area is 258 Å². The van der Waals surface area contributed by atoms with Crippen molar-refractivity contribution >= 4 is 39.2 Å². The average Bonchev–Trinajstić information content (AvgIpc) is 3.73. The Bertz CT molecular complexity index is 1610. The summed E-state index contributed by atoms with van der Waals surface area (Å²) >= 11 is 1.42. The van der Waals surface area contributed by atoms with Crippen molar-refractivity contribution in [2.24, 2.45) is 5.73 Å². The van der Waals surface area contributed by atoms with E-state index < -0.39 is 18.0 Å². The fourth-order valence-electron chi connectivity index (χ4n) is 4.39. The number of thiophene rings is 1. The van der Waals surface area contributed by atoms with E-state index in [-0.39, 0.29) is 23.7 Å². The highest BCUT2D eigenvalue weighted by Crippen LogP contribution is 2.39. The fourth-order valence-corrected chi connectivity index (χ4v) is 5.43. The molecule has 1 saturated carbocycles. The second kappa shape index (κ2) is 14.1. The van der Waals surface area contributed by atoms with Crippen LogP contribution >= 0.6 is 11.3 Å². The maximum absolute atomic E-state index is 14.9. The van der Waals surface area contributed by atoms with E-state index in [1.54, 1.807) is 43.5 Å². The number of nitrogens with one attached hydrogen (secondary N) is 2. The third-order valence-electron chi connectivity index (χ3n) is 7.19. The summed E-state index contributed by atoms with van der Waals surface area (Å²) in [6.45, 7) is 2.82. The number of nitrogens with zero attached hydrogens (tertiary/aromatic N) is 3. The van der Waals surface area contributed by atoms with Gasteiger partial charge in [0.05, 0.1) is 33.5 Å². The largest absolute Gasteiger partial charge is 0.453 e. The molecule has 0 saturated heterocycles. The van der Waals surface area contributed by atoms with Crippen molar-refractivity contribution in [3.63, 3.8) is 0 Å². The van der Waals surface area contributed by atoms with Crippen molar-refractivity contribution in [3.8, 4) is 22.1 Å². The highest BCUT2D eigenvalue weighted by atomic mass is 32.1. The average molecular weight is 623 g/mol. The van der Waals surface area contributed by atoms with Gasteiger partial charge in [0, 0.05) is 63.6 Å². The number of hydrogen-bond acceptors (Lipinski definition) is 9. The van der Waals surface area contributed by atoms with Gasteiger partial charge in [0.25, 0.3) is 0 Å². The normalized spacial score (nSPS) is 14.2. The fraction of sp³-hybridized carbons (Fsp3) is 0.355. The van der Waals surface area contributed by atoms with Gasteiger partial charge in [-0.1, -0.05) is 6.07 Å². The van der Waals surface area contributed by atoms with Crippen molar-refractivity contribution < 1.29 is 28.2 Å². The molecule has 4 aromatic rings. The molecule has 0 bridgehead atoms. The number of halogens is 1. The van der Waals surface area contributed by atoms with E-state index in [9.17, 15) is 14.0 Å². The molecule has 5 rings (SSSR count). The van der Waals surface area contributed by atoms with Crippen LogP contribution in [-0.4, -0.2) is 72.4 Å². The molecule has 0 aliphatic heterocycles. The molecular weight excluding hydrogens is 587 g/mol. The third kappa shape index (κ3) is 7.66. The Morgan fingerprint density at radius 2 is 1.95 bits per heavy atom. The summed E-state index contributed by atoms with van der Waals surface area (Å²) in [6.07, 6.45) is 4.81. The van der Waals surface area contributed by atoms with E-state index in [0.717, 1.165) is 28.0 Å².